The Morgan fingerprint density at radius 2 is 1.87 bits per heavy atom. The van der Waals surface area contributed by atoms with E-state index in [0.29, 0.717) is 23.6 Å². The molecule has 128 valence electrons. The van der Waals surface area contributed by atoms with E-state index in [1.54, 1.807) is 32.4 Å². The van der Waals surface area contributed by atoms with E-state index >= 15 is 0 Å². The predicted octanol–water partition coefficient (Wildman–Crippen LogP) is 1.54. The molecule has 0 radical (unpaired) electrons. The molecule has 1 N–H and O–H groups in total. The van der Waals surface area contributed by atoms with E-state index in [0.717, 1.165) is 26.3 Å². The van der Waals surface area contributed by atoms with Crippen molar-refractivity contribution in [2.75, 3.05) is 47.1 Å². The molecule has 1 aromatic carbocycles. The van der Waals surface area contributed by atoms with Crippen LogP contribution >= 0.6 is 0 Å². The van der Waals surface area contributed by atoms with Gasteiger partial charge < -0.3 is 19.5 Å². The molecule has 0 atom stereocenters. The number of methoxy groups -OCH3 is 2. The molecule has 1 saturated heterocycles. The third-order valence-electron chi connectivity index (χ3n) is 4.19. The van der Waals surface area contributed by atoms with Crippen LogP contribution in [0.4, 0.5) is 0 Å². The summed E-state index contributed by atoms with van der Waals surface area (Å²) in [4.78, 5) is 14.7. The topological polar surface area (TPSA) is 60.0 Å². The van der Waals surface area contributed by atoms with Crippen molar-refractivity contribution in [3.8, 4) is 11.5 Å². The zero-order valence-electron chi connectivity index (χ0n) is 14.3. The number of carbonyl (C=O) groups excluding carboxylic acids is 1. The van der Waals surface area contributed by atoms with Crippen LogP contribution < -0.4 is 14.8 Å². The van der Waals surface area contributed by atoms with Crippen LogP contribution in [0, 0.1) is 0 Å². The van der Waals surface area contributed by atoms with Crippen LogP contribution in [0.15, 0.2) is 18.2 Å². The first-order valence-corrected chi connectivity index (χ1v) is 7.81. The smallest absolute Gasteiger partial charge is 0.251 e. The van der Waals surface area contributed by atoms with Gasteiger partial charge in [-0.15, -0.1) is 0 Å². The molecule has 1 aromatic rings. The fourth-order valence-electron chi connectivity index (χ4n) is 2.66. The minimum atomic E-state index is -0.118. The summed E-state index contributed by atoms with van der Waals surface area (Å²) in [6, 6.07) is 5.16. The normalized spacial score (nSPS) is 16.0. The van der Waals surface area contributed by atoms with Gasteiger partial charge in [0.05, 0.1) is 27.4 Å². The lowest BCUT2D eigenvalue weighted by Gasteiger charge is -2.40. The number of carbonyl (C=O) groups is 1. The number of benzene rings is 1. The van der Waals surface area contributed by atoms with Crippen LogP contribution in [0.3, 0.4) is 0 Å². The monoisotopic (exact) mass is 322 g/mol. The highest BCUT2D eigenvalue weighted by atomic mass is 16.5. The summed E-state index contributed by atoms with van der Waals surface area (Å²) in [5.41, 5.74) is 0.441. The van der Waals surface area contributed by atoms with Crippen LogP contribution in [0.1, 0.15) is 24.2 Å². The summed E-state index contributed by atoms with van der Waals surface area (Å²) in [6.07, 6.45) is 0. The van der Waals surface area contributed by atoms with Gasteiger partial charge in [-0.3, -0.25) is 9.69 Å². The molecule has 6 nitrogen and oxygen atoms in total. The second-order valence-electron chi connectivity index (χ2n) is 6.16. The van der Waals surface area contributed by atoms with Crippen LogP contribution in [-0.2, 0) is 4.74 Å². The van der Waals surface area contributed by atoms with Crippen molar-refractivity contribution in [1.82, 2.24) is 10.2 Å². The Kier molecular flexibility index (Phi) is 5.85. The minimum Gasteiger partial charge on any atom is -0.493 e. The Bertz CT molecular complexity index is 539. The van der Waals surface area contributed by atoms with E-state index in [1.165, 1.54) is 0 Å². The fraction of sp³-hybridized carbons (Fsp3) is 0.588. The first kappa shape index (κ1) is 17.6. The van der Waals surface area contributed by atoms with E-state index < -0.39 is 0 Å². The van der Waals surface area contributed by atoms with Gasteiger partial charge in [0.1, 0.15) is 0 Å². The Morgan fingerprint density at radius 1 is 1.22 bits per heavy atom. The van der Waals surface area contributed by atoms with E-state index in [9.17, 15) is 4.79 Å². The lowest BCUT2D eigenvalue weighted by molar-refractivity contribution is -0.00923. The molecule has 0 saturated carbocycles. The van der Waals surface area contributed by atoms with Gasteiger partial charge in [0.25, 0.3) is 5.91 Å². The van der Waals surface area contributed by atoms with Crippen molar-refractivity contribution >= 4 is 5.91 Å². The van der Waals surface area contributed by atoms with E-state index in [-0.39, 0.29) is 11.4 Å². The molecule has 6 heteroatoms. The molecule has 0 spiro atoms. The van der Waals surface area contributed by atoms with E-state index in [2.05, 4.69) is 24.1 Å². The SMILES string of the molecule is COc1ccc(C(=O)NCC(C)(C)N2CCOCC2)cc1OC. The lowest BCUT2D eigenvalue weighted by atomic mass is 10.0. The summed E-state index contributed by atoms with van der Waals surface area (Å²) >= 11 is 0. The second kappa shape index (κ2) is 7.66. The molecule has 2 rings (SSSR count). The number of hydrogen-bond acceptors (Lipinski definition) is 5. The highest BCUT2D eigenvalue weighted by Gasteiger charge is 2.28. The maximum absolute atomic E-state index is 12.4. The van der Waals surface area contributed by atoms with Crippen molar-refractivity contribution in [2.45, 2.75) is 19.4 Å². The lowest BCUT2D eigenvalue weighted by Crippen LogP contribution is -2.55. The Labute approximate surface area is 137 Å². The maximum atomic E-state index is 12.4. The Balaban J connectivity index is 1.98. The zero-order valence-corrected chi connectivity index (χ0v) is 14.3. The highest BCUT2D eigenvalue weighted by molar-refractivity contribution is 5.94. The average Bonchev–Trinajstić information content (AvgIpc) is 2.59. The highest BCUT2D eigenvalue weighted by Crippen LogP contribution is 2.27. The van der Waals surface area contributed by atoms with Crippen molar-refractivity contribution in [1.29, 1.82) is 0 Å². The maximum Gasteiger partial charge on any atom is 0.251 e. The number of hydrogen-bond donors (Lipinski definition) is 1. The predicted molar refractivity (Wildman–Crippen MR) is 88.4 cm³/mol. The first-order valence-electron chi connectivity index (χ1n) is 7.81. The van der Waals surface area contributed by atoms with Crippen LogP contribution in [0.25, 0.3) is 0 Å². The van der Waals surface area contributed by atoms with Crippen molar-refractivity contribution < 1.29 is 19.0 Å². The quantitative estimate of drug-likeness (QED) is 0.861. The third kappa shape index (κ3) is 4.36. The molecular weight excluding hydrogens is 296 g/mol. The van der Waals surface area contributed by atoms with Crippen LogP contribution in [0.2, 0.25) is 0 Å². The molecule has 0 unspecified atom stereocenters. The van der Waals surface area contributed by atoms with Gasteiger partial charge in [0.15, 0.2) is 11.5 Å². The van der Waals surface area contributed by atoms with Gasteiger partial charge in [0.2, 0.25) is 0 Å². The van der Waals surface area contributed by atoms with Gasteiger partial charge in [0, 0.05) is 30.7 Å². The van der Waals surface area contributed by atoms with E-state index in [4.69, 9.17) is 14.2 Å². The first-order chi connectivity index (χ1) is 11.0. The van der Waals surface area contributed by atoms with E-state index in [1.807, 2.05) is 0 Å². The average molecular weight is 322 g/mol. The Hall–Kier alpha value is -1.79. The third-order valence-corrected chi connectivity index (χ3v) is 4.19. The van der Waals surface area contributed by atoms with Gasteiger partial charge in [-0.1, -0.05) is 0 Å². The van der Waals surface area contributed by atoms with Gasteiger partial charge in [-0.05, 0) is 32.0 Å². The molecule has 1 fully saturated rings. The molecule has 23 heavy (non-hydrogen) atoms. The standard InChI is InChI=1S/C17H26N2O4/c1-17(2,19-7-9-23-10-8-19)12-18-16(20)13-5-6-14(21-3)15(11-13)22-4/h5-6,11H,7-10,12H2,1-4H3,(H,18,20). The summed E-state index contributed by atoms with van der Waals surface area (Å²) in [6.45, 7) is 8.10. The van der Waals surface area contributed by atoms with Gasteiger partial charge in [-0.2, -0.15) is 0 Å². The van der Waals surface area contributed by atoms with Crippen molar-refractivity contribution in [3.63, 3.8) is 0 Å². The van der Waals surface area contributed by atoms with Gasteiger partial charge >= 0.3 is 0 Å². The summed E-state index contributed by atoms with van der Waals surface area (Å²) in [5, 5.41) is 3.01. The summed E-state index contributed by atoms with van der Waals surface area (Å²) in [7, 11) is 3.13. The van der Waals surface area contributed by atoms with Gasteiger partial charge in [-0.25, -0.2) is 0 Å². The Morgan fingerprint density at radius 3 is 2.48 bits per heavy atom. The molecule has 1 aliphatic rings. The number of ether oxygens (including phenoxy) is 3. The van der Waals surface area contributed by atoms with Crippen LogP contribution in [0.5, 0.6) is 11.5 Å². The number of rotatable bonds is 6. The molecule has 0 aromatic heterocycles. The zero-order chi connectivity index (χ0) is 16.9. The molecule has 0 bridgehead atoms. The number of nitrogens with zero attached hydrogens (tertiary/aromatic N) is 1. The molecule has 0 aliphatic carbocycles. The summed E-state index contributed by atoms with van der Waals surface area (Å²) in [5.74, 6) is 1.04. The molecule has 1 heterocycles. The largest absolute Gasteiger partial charge is 0.493 e. The number of nitrogens with one attached hydrogen (secondary N) is 1. The number of morpholine rings is 1. The van der Waals surface area contributed by atoms with Crippen LogP contribution in [-0.4, -0.2) is 63.4 Å². The molecular formula is C17H26N2O4. The minimum absolute atomic E-state index is 0.115. The summed E-state index contributed by atoms with van der Waals surface area (Å²) < 4.78 is 15.8. The van der Waals surface area contributed by atoms with Crippen molar-refractivity contribution in [2.24, 2.45) is 0 Å². The van der Waals surface area contributed by atoms with Crippen molar-refractivity contribution in [3.05, 3.63) is 23.8 Å². The molecule has 1 aliphatic heterocycles. The molecule has 1 amide bonds. The second-order valence-corrected chi connectivity index (χ2v) is 6.16. The number of amides is 1. The fourth-order valence-corrected chi connectivity index (χ4v) is 2.66.